The van der Waals surface area contributed by atoms with Crippen LogP contribution < -0.4 is 20.8 Å². The number of benzene rings is 2. The topological polar surface area (TPSA) is 116 Å². The van der Waals surface area contributed by atoms with Crippen LogP contribution in [-0.2, 0) is 20.1 Å². The van der Waals surface area contributed by atoms with E-state index in [9.17, 15) is 19.5 Å². The number of nitrogens with two attached hydrogens (primary N) is 1. The maximum atomic E-state index is 11.3. The third-order valence-corrected chi connectivity index (χ3v) is 11.2. The summed E-state index contributed by atoms with van der Waals surface area (Å²) >= 11 is 0. The molecule has 1 aliphatic rings. The van der Waals surface area contributed by atoms with Crippen molar-refractivity contribution in [2.75, 3.05) is 31.8 Å². The summed E-state index contributed by atoms with van der Waals surface area (Å²) in [5, 5.41) is 6.38. The summed E-state index contributed by atoms with van der Waals surface area (Å²) in [6, 6.07) is 12.3. The van der Waals surface area contributed by atoms with Gasteiger partial charge in [0.2, 0.25) is 0 Å². The maximum Gasteiger partial charge on any atom is 0.286 e. The van der Waals surface area contributed by atoms with Crippen molar-refractivity contribution >= 4 is 59.6 Å². The molecule has 0 saturated heterocycles. The number of carbonyl (C=O) groups excluding carboxylic acids is 1. The molecule has 1 aliphatic heterocycles. The van der Waals surface area contributed by atoms with E-state index in [4.69, 9.17) is 4.52 Å². The first kappa shape index (κ1) is 41.9. The van der Waals surface area contributed by atoms with Gasteiger partial charge >= 0.3 is 0 Å². The van der Waals surface area contributed by atoms with Crippen molar-refractivity contribution in [3.8, 4) is 0 Å². The lowest BCUT2D eigenvalue weighted by atomic mass is 9.77. The Bertz CT molecular complexity index is 1520. The monoisotopic (exact) mass is 716 g/mol. The molecule has 11 heteroatoms. The van der Waals surface area contributed by atoms with Gasteiger partial charge in [-0.1, -0.05) is 63.7 Å². The van der Waals surface area contributed by atoms with Crippen LogP contribution in [-0.4, -0.2) is 48.9 Å². The Morgan fingerprint density at radius 2 is 1.88 bits per heavy atom. The van der Waals surface area contributed by atoms with Crippen LogP contribution in [0.5, 0.6) is 0 Å². The highest BCUT2D eigenvalue weighted by atomic mass is 31.2. The van der Waals surface area contributed by atoms with Gasteiger partial charge in [-0.3, -0.25) is 4.79 Å². The number of rotatable bonds is 17. The third kappa shape index (κ3) is 10.6. The summed E-state index contributed by atoms with van der Waals surface area (Å²) in [6.07, 6.45) is 18.8. The fourth-order valence-electron chi connectivity index (χ4n) is 6.32. The number of anilines is 1. The summed E-state index contributed by atoms with van der Waals surface area (Å²) in [7, 11) is 0.782. The number of carbonyl (C=O) groups is 1. The van der Waals surface area contributed by atoms with E-state index in [2.05, 4.69) is 120 Å². The summed E-state index contributed by atoms with van der Waals surface area (Å²) in [5.74, 6) is -0.587. The van der Waals surface area contributed by atoms with E-state index in [0.29, 0.717) is 6.42 Å². The molecule has 3 rings (SSSR count). The second-order valence-electron chi connectivity index (χ2n) is 12.7. The molecular formula is C37H57N3O5P3+. The zero-order valence-corrected chi connectivity index (χ0v) is 32.9. The van der Waals surface area contributed by atoms with E-state index in [1.54, 1.807) is 0 Å². The Morgan fingerprint density at radius 3 is 2.50 bits per heavy atom. The zero-order valence-electron chi connectivity index (χ0n) is 29.8. The molecule has 0 aromatic heterocycles. The lowest BCUT2D eigenvalue weighted by Gasteiger charge is -2.30. The SMILES string of the molecule is C=P(O)(OC)c1ccc([NH2+]CC)c(C(C)(C)C/C=C/C=C/C=C2/N(CC)c3ccc(PO)cc3C2(C)CCCCCC(=O)N=O)c1.CP. The summed E-state index contributed by atoms with van der Waals surface area (Å²) in [6.45, 7) is 14.6. The Labute approximate surface area is 292 Å². The van der Waals surface area contributed by atoms with E-state index in [1.165, 1.54) is 18.4 Å². The lowest BCUT2D eigenvalue weighted by Crippen LogP contribution is -2.78. The van der Waals surface area contributed by atoms with Crippen molar-refractivity contribution in [1.29, 1.82) is 0 Å². The molecule has 2 aromatic carbocycles. The highest BCUT2D eigenvalue weighted by Crippen LogP contribution is 2.50. The first-order valence-electron chi connectivity index (χ1n) is 16.7. The van der Waals surface area contributed by atoms with Crippen LogP contribution in [0.25, 0.3) is 0 Å². The molecule has 0 bridgehead atoms. The van der Waals surface area contributed by atoms with Crippen molar-refractivity contribution < 1.29 is 24.4 Å². The molecule has 0 radical (unpaired) electrons. The van der Waals surface area contributed by atoms with Crippen LogP contribution in [0, 0.1) is 4.91 Å². The zero-order chi connectivity index (χ0) is 36.0. The third-order valence-electron chi connectivity index (χ3n) is 8.99. The molecule has 8 nitrogen and oxygen atoms in total. The van der Waals surface area contributed by atoms with Crippen molar-refractivity contribution in [2.45, 2.75) is 84.0 Å². The molecule has 0 fully saturated rings. The second kappa shape index (κ2) is 19.8. The number of likely N-dealkylation sites (N-methyl/N-ethyl adjacent to an activating group) is 1. The minimum atomic E-state index is -2.87. The average Bonchev–Trinajstić information content (AvgIpc) is 3.32. The van der Waals surface area contributed by atoms with Crippen molar-refractivity contribution in [1.82, 2.24) is 0 Å². The minimum absolute atomic E-state index is 0.185. The van der Waals surface area contributed by atoms with Gasteiger partial charge in [-0.2, -0.15) is 0 Å². The van der Waals surface area contributed by atoms with Crippen LogP contribution in [0.4, 0.5) is 11.4 Å². The standard InChI is InChI=1S/C36H51N3O5P2.CH5P/c1-8-37-31-21-20-28(46(7,43)44-6)26-29(31)35(3,4)23-15-11-10-13-17-33-36(5,24-16-12-14-18-34(40)38-41)30-25-27(45-42)19-22-32(30)39(33)9-2;1-2/h10-11,13,15,17,19-22,25-26,37,42-43,45H,7-9,12,14,16,18,23-24H2,1-6H3;2H2,1H3/p+1/b13-10+,15-11+,33-17+;. The summed E-state index contributed by atoms with van der Waals surface area (Å²) in [5.41, 5.74) is 5.46. The molecule has 264 valence electrons. The number of unbranched alkanes of at least 4 members (excludes halogenated alkanes) is 2. The number of nitrogens with zero attached hydrogens (tertiary/aromatic N) is 2. The predicted molar refractivity (Wildman–Crippen MR) is 212 cm³/mol. The lowest BCUT2D eigenvalue weighted by molar-refractivity contribution is -0.568. The molecule has 0 saturated carbocycles. The number of hydrogen-bond donors (Lipinski definition) is 3. The average molecular weight is 717 g/mol. The Balaban J connectivity index is 0.00000392. The van der Waals surface area contributed by atoms with Crippen molar-refractivity contribution in [3.05, 3.63) is 88.5 Å². The fraction of sp³-hybridized carbons (Fsp3) is 0.459. The molecule has 1 amide bonds. The summed E-state index contributed by atoms with van der Waals surface area (Å²) < 4.78 is 5.34. The van der Waals surface area contributed by atoms with Gasteiger partial charge in [0.05, 0.1) is 6.54 Å². The van der Waals surface area contributed by atoms with Gasteiger partial charge in [0.25, 0.3) is 5.91 Å². The predicted octanol–water partition coefficient (Wildman–Crippen LogP) is 6.85. The number of allylic oxidation sites excluding steroid dienone is 6. The van der Waals surface area contributed by atoms with Gasteiger partial charge in [-0.05, 0) is 93.0 Å². The van der Waals surface area contributed by atoms with E-state index in [-0.39, 0.29) is 26.1 Å². The molecular weight excluding hydrogens is 659 g/mol. The molecule has 4 unspecified atom stereocenters. The number of amides is 1. The molecule has 1 heterocycles. The van der Waals surface area contributed by atoms with Gasteiger partial charge in [-0.15, -0.1) is 14.1 Å². The van der Waals surface area contributed by atoms with Gasteiger partial charge in [0, 0.05) is 67.8 Å². The number of nitroso groups, excluding NO2 is 1. The van der Waals surface area contributed by atoms with E-state index in [0.717, 1.165) is 66.3 Å². The molecule has 0 aliphatic carbocycles. The highest BCUT2D eigenvalue weighted by molar-refractivity contribution is 7.71. The second-order valence-corrected chi connectivity index (χ2v) is 15.8. The smallest absolute Gasteiger partial charge is 0.286 e. The van der Waals surface area contributed by atoms with E-state index in [1.807, 2.05) is 18.8 Å². The quantitative estimate of drug-likeness (QED) is 0.0543. The number of hydrogen-bond acceptors (Lipinski definition) is 6. The van der Waals surface area contributed by atoms with E-state index >= 15 is 0 Å². The van der Waals surface area contributed by atoms with Crippen LogP contribution >= 0.6 is 25.4 Å². The van der Waals surface area contributed by atoms with Gasteiger partial charge in [-0.25, -0.2) is 0 Å². The van der Waals surface area contributed by atoms with E-state index < -0.39 is 13.2 Å². The molecule has 4 N–H and O–H groups in total. The Morgan fingerprint density at radius 1 is 1.15 bits per heavy atom. The number of quaternary nitrogens is 1. The molecule has 2 aromatic rings. The summed E-state index contributed by atoms with van der Waals surface area (Å²) in [4.78, 5) is 44.8. The Hall–Kier alpha value is -2.27. The van der Waals surface area contributed by atoms with Crippen LogP contribution in [0.3, 0.4) is 0 Å². The van der Waals surface area contributed by atoms with Gasteiger partial charge in [0.1, 0.15) is 13.0 Å². The minimum Gasteiger partial charge on any atom is -0.372 e. The van der Waals surface area contributed by atoms with Crippen LogP contribution in [0.1, 0.15) is 84.3 Å². The Kier molecular flexibility index (Phi) is 17.3. The fourth-order valence-corrected chi connectivity index (χ4v) is 7.53. The van der Waals surface area contributed by atoms with Crippen LogP contribution in [0.2, 0.25) is 0 Å². The normalized spacial score (nSPS) is 18.5. The largest absolute Gasteiger partial charge is 0.372 e. The highest BCUT2D eigenvalue weighted by Gasteiger charge is 2.42. The van der Waals surface area contributed by atoms with Gasteiger partial charge in [0.15, 0.2) is 0 Å². The number of fused-ring (bicyclic) bond motifs is 1. The first-order valence-corrected chi connectivity index (χ1v) is 20.6. The molecule has 0 spiro atoms. The molecule has 48 heavy (non-hydrogen) atoms. The molecule has 4 atom stereocenters. The van der Waals surface area contributed by atoms with Crippen molar-refractivity contribution in [2.24, 2.45) is 5.18 Å². The maximum absolute atomic E-state index is 11.3. The van der Waals surface area contributed by atoms with Crippen LogP contribution in [0.15, 0.2) is 77.7 Å². The van der Waals surface area contributed by atoms with Crippen molar-refractivity contribution in [3.63, 3.8) is 0 Å². The first-order chi connectivity index (χ1) is 22.9. The van der Waals surface area contributed by atoms with Gasteiger partial charge < -0.3 is 24.5 Å².